The highest BCUT2D eigenvalue weighted by Gasteiger charge is 2.19. The monoisotopic (exact) mass is 416 g/mol. The largest absolute Gasteiger partial charge is 0.326 e. The molecule has 0 spiro atoms. The lowest BCUT2D eigenvalue weighted by molar-refractivity contribution is 0.600. The summed E-state index contributed by atoms with van der Waals surface area (Å²) < 4.78 is 28.7. The zero-order chi connectivity index (χ0) is 15.6. The lowest BCUT2D eigenvalue weighted by Gasteiger charge is -2.14. The third-order valence-electron chi connectivity index (χ3n) is 3.26. The van der Waals surface area contributed by atoms with Crippen LogP contribution in [-0.2, 0) is 16.6 Å². The first-order valence-electron chi connectivity index (χ1n) is 6.42. The highest BCUT2D eigenvalue weighted by atomic mass is 127. The van der Waals surface area contributed by atoms with E-state index in [1.54, 1.807) is 25.1 Å². The maximum absolute atomic E-state index is 12.6. The number of nitrogens with two attached hydrogens (primary N) is 1. The van der Waals surface area contributed by atoms with Crippen molar-refractivity contribution in [2.75, 3.05) is 4.72 Å². The molecule has 0 heterocycles. The minimum Gasteiger partial charge on any atom is -0.326 e. The quantitative estimate of drug-likeness (QED) is 0.753. The van der Waals surface area contributed by atoms with E-state index in [1.807, 2.05) is 25.1 Å². The van der Waals surface area contributed by atoms with Crippen molar-refractivity contribution in [3.8, 4) is 0 Å². The number of aryl methyl sites for hydroxylation is 2. The van der Waals surface area contributed by atoms with Gasteiger partial charge in [0.05, 0.1) is 10.6 Å². The number of anilines is 1. The van der Waals surface area contributed by atoms with Crippen LogP contribution in [0.25, 0.3) is 0 Å². The van der Waals surface area contributed by atoms with E-state index in [-0.39, 0.29) is 4.90 Å². The van der Waals surface area contributed by atoms with Gasteiger partial charge in [0.25, 0.3) is 10.0 Å². The number of sulfonamides is 1. The van der Waals surface area contributed by atoms with Gasteiger partial charge >= 0.3 is 0 Å². The van der Waals surface area contributed by atoms with Gasteiger partial charge in [-0.05, 0) is 71.3 Å². The molecule has 2 aromatic carbocycles. The van der Waals surface area contributed by atoms with Crippen molar-refractivity contribution in [1.82, 2.24) is 0 Å². The smallest absolute Gasteiger partial charge is 0.262 e. The van der Waals surface area contributed by atoms with Crippen LogP contribution < -0.4 is 10.5 Å². The predicted molar refractivity (Wildman–Crippen MR) is 93.8 cm³/mol. The standard InChI is InChI=1S/C15H17IN2O2S/c1-10-7-11(2)15(8-12(10)9-17)21(19,20)18-14-6-4-3-5-13(14)16/h3-8,18H,9,17H2,1-2H3. The normalized spacial score (nSPS) is 11.4. The molecule has 3 N–H and O–H groups in total. The van der Waals surface area contributed by atoms with Crippen LogP contribution in [0.15, 0.2) is 41.3 Å². The van der Waals surface area contributed by atoms with Crippen LogP contribution >= 0.6 is 22.6 Å². The molecule has 0 radical (unpaired) electrons. The first-order valence-corrected chi connectivity index (χ1v) is 8.99. The summed E-state index contributed by atoms with van der Waals surface area (Å²) in [5.41, 5.74) is 8.80. The molecule has 0 amide bonds. The molecule has 0 aromatic heterocycles. The third kappa shape index (κ3) is 3.56. The summed E-state index contributed by atoms with van der Waals surface area (Å²) in [6.07, 6.45) is 0. The molecule has 0 unspecified atom stereocenters. The number of benzene rings is 2. The Morgan fingerprint density at radius 1 is 1.14 bits per heavy atom. The van der Waals surface area contributed by atoms with E-state index in [1.165, 1.54) is 0 Å². The van der Waals surface area contributed by atoms with Crippen LogP contribution in [0.4, 0.5) is 5.69 Å². The first kappa shape index (κ1) is 16.3. The number of nitrogens with one attached hydrogen (secondary N) is 1. The van der Waals surface area contributed by atoms with Crippen molar-refractivity contribution in [2.24, 2.45) is 5.73 Å². The van der Waals surface area contributed by atoms with Crippen LogP contribution in [-0.4, -0.2) is 8.42 Å². The molecule has 0 bridgehead atoms. The van der Waals surface area contributed by atoms with Gasteiger partial charge in [-0.2, -0.15) is 0 Å². The predicted octanol–water partition coefficient (Wildman–Crippen LogP) is 3.17. The van der Waals surface area contributed by atoms with E-state index in [0.29, 0.717) is 17.8 Å². The minimum absolute atomic E-state index is 0.271. The Balaban J connectivity index is 2.47. The molecule has 6 heteroatoms. The van der Waals surface area contributed by atoms with Crippen LogP contribution in [0.2, 0.25) is 0 Å². The molecule has 0 aliphatic carbocycles. The van der Waals surface area contributed by atoms with Crippen LogP contribution in [0, 0.1) is 17.4 Å². The minimum atomic E-state index is -3.63. The van der Waals surface area contributed by atoms with E-state index in [9.17, 15) is 8.42 Å². The average Bonchev–Trinajstić information content (AvgIpc) is 2.41. The van der Waals surface area contributed by atoms with Gasteiger partial charge in [0, 0.05) is 10.1 Å². The van der Waals surface area contributed by atoms with Crippen molar-refractivity contribution < 1.29 is 8.42 Å². The van der Waals surface area contributed by atoms with E-state index < -0.39 is 10.0 Å². The van der Waals surface area contributed by atoms with E-state index in [0.717, 1.165) is 14.7 Å². The number of hydrogen-bond donors (Lipinski definition) is 2. The van der Waals surface area contributed by atoms with Crippen molar-refractivity contribution in [1.29, 1.82) is 0 Å². The van der Waals surface area contributed by atoms with Gasteiger partial charge in [-0.3, -0.25) is 4.72 Å². The molecule has 0 aliphatic heterocycles. The summed E-state index contributed by atoms with van der Waals surface area (Å²) in [5.74, 6) is 0. The van der Waals surface area contributed by atoms with Gasteiger partial charge < -0.3 is 5.73 Å². The maximum Gasteiger partial charge on any atom is 0.262 e. The molecule has 112 valence electrons. The second-order valence-electron chi connectivity index (χ2n) is 4.83. The Bertz CT molecular complexity index is 773. The van der Waals surface area contributed by atoms with Gasteiger partial charge in [-0.15, -0.1) is 0 Å². The summed E-state index contributed by atoms with van der Waals surface area (Å²) in [6.45, 7) is 4.04. The molecular formula is C15H17IN2O2S. The molecule has 0 fully saturated rings. The molecule has 0 aliphatic rings. The Hall–Kier alpha value is -1.12. The van der Waals surface area contributed by atoms with Crippen LogP contribution in [0.3, 0.4) is 0 Å². The topological polar surface area (TPSA) is 72.2 Å². The molecule has 2 aromatic rings. The molecule has 0 saturated carbocycles. The zero-order valence-corrected chi connectivity index (χ0v) is 14.8. The molecule has 0 atom stereocenters. The second-order valence-corrected chi connectivity index (χ2v) is 7.65. The average molecular weight is 416 g/mol. The summed E-state index contributed by atoms with van der Waals surface area (Å²) in [4.78, 5) is 0.271. The van der Waals surface area contributed by atoms with Crippen molar-refractivity contribution in [2.45, 2.75) is 25.3 Å². The Labute approximate surface area is 138 Å². The SMILES string of the molecule is Cc1cc(C)c(S(=O)(=O)Nc2ccccc2I)cc1CN. The van der Waals surface area contributed by atoms with Gasteiger partial charge in [-0.25, -0.2) is 8.42 Å². The van der Waals surface area contributed by atoms with Gasteiger partial charge in [0.2, 0.25) is 0 Å². The van der Waals surface area contributed by atoms with Crippen molar-refractivity contribution in [3.05, 3.63) is 56.7 Å². The maximum atomic E-state index is 12.6. The van der Waals surface area contributed by atoms with Crippen molar-refractivity contribution in [3.63, 3.8) is 0 Å². The number of halogens is 1. The summed E-state index contributed by atoms with van der Waals surface area (Å²) >= 11 is 2.10. The van der Waals surface area contributed by atoms with Crippen LogP contribution in [0.5, 0.6) is 0 Å². The number of hydrogen-bond acceptors (Lipinski definition) is 3. The Morgan fingerprint density at radius 3 is 2.43 bits per heavy atom. The fourth-order valence-electron chi connectivity index (χ4n) is 2.13. The molecule has 2 rings (SSSR count). The molecular weight excluding hydrogens is 399 g/mol. The van der Waals surface area contributed by atoms with Crippen LogP contribution in [0.1, 0.15) is 16.7 Å². The molecule has 0 saturated heterocycles. The lowest BCUT2D eigenvalue weighted by atomic mass is 10.1. The van der Waals surface area contributed by atoms with Gasteiger partial charge in [0.15, 0.2) is 0 Å². The van der Waals surface area contributed by atoms with Crippen molar-refractivity contribution >= 4 is 38.3 Å². The third-order valence-corrected chi connectivity index (χ3v) is 5.71. The first-order chi connectivity index (χ1) is 9.85. The molecule has 4 nitrogen and oxygen atoms in total. The van der Waals surface area contributed by atoms with E-state index in [2.05, 4.69) is 27.3 Å². The fraction of sp³-hybridized carbons (Fsp3) is 0.200. The molecule has 21 heavy (non-hydrogen) atoms. The van der Waals surface area contributed by atoms with E-state index >= 15 is 0 Å². The van der Waals surface area contributed by atoms with E-state index in [4.69, 9.17) is 5.73 Å². The van der Waals surface area contributed by atoms with Gasteiger partial charge in [-0.1, -0.05) is 18.2 Å². The summed E-state index contributed by atoms with van der Waals surface area (Å²) in [5, 5.41) is 0. The lowest BCUT2D eigenvalue weighted by Crippen LogP contribution is -2.16. The Morgan fingerprint density at radius 2 is 1.81 bits per heavy atom. The fourth-order valence-corrected chi connectivity index (χ4v) is 4.19. The van der Waals surface area contributed by atoms with Gasteiger partial charge in [0.1, 0.15) is 0 Å². The second kappa shape index (κ2) is 6.33. The number of para-hydroxylation sites is 1. The Kier molecular flexibility index (Phi) is 4.90. The number of rotatable bonds is 4. The summed E-state index contributed by atoms with van der Waals surface area (Å²) in [6, 6.07) is 10.8. The summed E-state index contributed by atoms with van der Waals surface area (Å²) in [7, 11) is -3.63. The zero-order valence-electron chi connectivity index (χ0n) is 11.9. The highest BCUT2D eigenvalue weighted by Crippen LogP contribution is 2.25. The highest BCUT2D eigenvalue weighted by molar-refractivity contribution is 14.1.